The van der Waals surface area contributed by atoms with Gasteiger partial charge in [-0.1, -0.05) is 12.7 Å². The van der Waals surface area contributed by atoms with Gasteiger partial charge in [0.2, 0.25) is 5.75 Å². The maximum absolute atomic E-state index is 11.5. The Morgan fingerprint density at radius 2 is 2.14 bits per heavy atom. The second kappa shape index (κ2) is 11.6. The summed E-state index contributed by atoms with van der Waals surface area (Å²) in [6, 6.07) is 1.27. The third-order valence-corrected chi connectivity index (χ3v) is 4.78. The van der Waals surface area contributed by atoms with Crippen molar-refractivity contribution in [3.63, 3.8) is 0 Å². The molecule has 2 heterocycles. The number of hydrogen-bond acceptors (Lipinski definition) is 8. The van der Waals surface area contributed by atoms with Gasteiger partial charge in [0.1, 0.15) is 16.8 Å². The predicted molar refractivity (Wildman–Crippen MR) is 111 cm³/mol. The van der Waals surface area contributed by atoms with E-state index in [1.165, 1.54) is 24.3 Å². The standard InChI is InChI=1S/C10H12N2O2S2.C7H8N2O4/c1-3-4-8(2)16(14)12-10(13)11-9-5-6-15-7-9;1-3-8-4(7(12)13-2)5(10)6(11)9-3/h3-7H,1H2,2H3,(H2,11,12,13);10H,1-2H3,(H,8,9,11)/b8-4+;. The molecule has 2 rings (SSSR count). The lowest BCUT2D eigenvalue weighted by atomic mass is 10.3. The number of amides is 2. The fraction of sp³-hybridized carbons (Fsp3) is 0.176. The van der Waals surface area contributed by atoms with E-state index in [9.17, 15) is 18.6 Å². The number of aromatic hydroxyl groups is 1. The maximum atomic E-state index is 11.5. The Hall–Kier alpha value is -3.25. The summed E-state index contributed by atoms with van der Waals surface area (Å²) in [5.74, 6) is -1.33. The van der Waals surface area contributed by atoms with Crippen LogP contribution in [-0.4, -0.2) is 38.4 Å². The van der Waals surface area contributed by atoms with Gasteiger partial charge in [-0.3, -0.25) is 9.52 Å². The molecule has 0 fully saturated rings. The summed E-state index contributed by atoms with van der Waals surface area (Å²) in [4.78, 5) is 39.6. The fourth-order valence-corrected chi connectivity index (χ4v) is 2.89. The molecule has 156 valence electrons. The van der Waals surface area contributed by atoms with Crippen molar-refractivity contribution < 1.29 is 23.6 Å². The molecule has 0 saturated carbocycles. The fourth-order valence-electron chi connectivity index (χ4n) is 1.70. The molecule has 2 aromatic heterocycles. The van der Waals surface area contributed by atoms with E-state index in [4.69, 9.17) is 5.11 Å². The van der Waals surface area contributed by atoms with Gasteiger partial charge < -0.3 is 20.1 Å². The number of nitrogens with one attached hydrogen (secondary N) is 3. The molecule has 0 saturated heterocycles. The molecule has 12 heteroatoms. The minimum absolute atomic E-state index is 0.239. The van der Waals surface area contributed by atoms with Crippen LogP contribution >= 0.6 is 11.3 Å². The number of ether oxygens (including phenoxy) is 1. The number of carbonyl (C=O) groups is 2. The Labute approximate surface area is 172 Å². The number of nitrogens with zero attached hydrogens (tertiary/aromatic N) is 1. The first-order valence-corrected chi connectivity index (χ1v) is 9.98. The average Bonchev–Trinajstić information content (AvgIpc) is 3.17. The molecule has 1 unspecified atom stereocenters. The number of rotatable bonds is 5. The number of thiophene rings is 1. The van der Waals surface area contributed by atoms with Crippen LogP contribution in [0.3, 0.4) is 0 Å². The largest absolute Gasteiger partial charge is 0.501 e. The van der Waals surface area contributed by atoms with Crippen LogP contribution < -0.4 is 15.6 Å². The van der Waals surface area contributed by atoms with Crippen LogP contribution in [0.5, 0.6) is 5.75 Å². The predicted octanol–water partition coefficient (Wildman–Crippen LogP) is 2.19. The topological polar surface area (TPSA) is 150 Å². The zero-order valence-electron chi connectivity index (χ0n) is 15.8. The summed E-state index contributed by atoms with van der Waals surface area (Å²) in [5.41, 5.74) is -0.443. The summed E-state index contributed by atoms with van der Waals surface area (Å²) in [6.07, 6.45) is 3.10. The molecule has 29 heavy (non-hydrogen) atoms. The summed E-state index contributed by atoms with van der Waals surface area (Å²) in [6.45, 7) is 6.63. The summed E-state index contributed by atoms with van der Waals surface area (Å²) < 4.78 is 18.1. The van der Waals surface area contributed by atoms with Crippen molar-refractivity contribution in [2.45, 2.75) is 13.8 Å². The molecule has 10 nitrogen and oxygen atoms in total. The number of H-pyrrole nitrogens is 1. The van der Waals surface area contributed by atoms with Crippen LogP contribution in [-0.2, 0) is 15.7 Å². The van der Waals surface area contributed by atoms with E-state index in [2.05, 4.69) is 31.3 Å². The molecule has 0 radical (unpaired) electrons. The molecular formula is C17H20N4O6S2. The number of anilines is 1. The molecule has 0 aliphatic carbocycles. The van der Waals surface area contributed by atoms with E-state index >= 15 is 0 Å². The molecule has 0 bridgehead atoms. The van der Waals surface area contributed by atoms with Crippen LogP contribution in [0.2, 0.25) is 0 Å². The summed E-state index contributed by atoms with van der Waals surface area (Å²) in [5, 5.41) is 15.3. The van der Waals surface area contributed by atoms with Crippen LogP contribution in [0.15, 0.2) is 45.3 Å². The molecule has 4 N–H and O–H groups in total. The van der Waals surface area contributed by atoms with Crippen molar-refractivity contribution in [3.8, 4) is 5.75 Å². The van der Waals surface area contributed by atoms with Gasteiger partial charge in [-0.2, -0.15) is 11.3 Å². The average molecular weight is 441 g/mol. The van der Waals surface area contributed by atoms with Gasteiger partial charge in [-0.05, 0) is 31.4 Å². The molecular weight excluding hydrogens is 420 g/mol. The SMILES string of the molecule is C=C/C=C(\C)S(=O)NC(=O)Nc1ccsc1.COC(=O)c1nc(C)[nH]c(=O)c1O. The number of esters is 1. The molecule has 1 atom stereocenters. The third-order valence-electron chi connectivity index (χ3n) is 3.00. The number of aromatic amines is 1. The highest BCUT2D eigenvalue weighted by Gasteiger charge is 2.16. The van der Waals surface area contributed by atoms with Crippen LogP contribution in [0, 0.1) is 6.92 Å². The molecule has 0 aliphatic rings. The Kier molecular flexibility index (Phi) is 9.48. The number of aromatic nitrogens is 2. The van der Waals surface area contributed by atoms with Gasteiger partial charge in [-0.25, -0.2) is 18.8 Å². The number of aryl methyl sites for hydroxylation is 1. The highest BCUT2D eigenvalue weighted by molar-refractivity contribution is 7.87. The third kappa shape index (κ3) is 7.71. The first kappa shape index (κ1) is 23.8. The Balaban J connectivity index is 0.000000296. The van der Waals surface area contributed by atoms with E-state index < -0.39 is 34.3 Å². The molecule has 0 aromatic carbocycles. The minimum atomic E-state index is -1.53. The van der Waals surface area contributed by atoms with Crippen LogP contribution in [0.1, 0.15) is 23.2 Å². The highest BCUT2D eigenvalue weighted by atomic mass is 32.2. The lowest BCUT2D eigenvalue weighted by Crippen LogP contribution is -2.30. The lowest BCUT2D eigenvalue weighted by molar-refractivity contribution is 0.0589. The molecule has 0 spiro atoms. The smallest absolute Gasteiger partial charge is 0.360 e. The first-order chi connectivity index (χ1) is 13.7. The lowest BCUT2D eigenvalue weighted by Gasteiger charge is -2.05. The van der Waals surface area contributed by atoms with Gasteiger partial charge in [-0.15, -0.1) is 0 Å². The van der Waals surface area contributed by atoms with Crippen LogP contribution in [0.4, 0.5) is 10.5 Å². The van der Waals surface area contributed by atoms with Crippen molar-refractivity contribution in [1.82, 2.24) is 14.7 Å². The number of urea groups is 1. The monoisotopic (exact) mass is 440 g/mol. The van der Waals surface area contributed by atoms with E-state index in [1.807, 2.05) is 5.38 Å². The summed E-state index contributed by atoms with van der Waals surface area (Å²) in [7, 11) is -0.386. The van der Waals surface area contributed by atoms with E-state index in [-0.39, 0.29) is 11.5 Å². The van der Waals surface area contributed by atoms with Crippen molar-refractivity contribution in [2.75, 3.05) is 12.4 Å². The number of carbonyl (C=O) groups excluding carboxylic acids is 2. The normalized spacial score (nSPS) is 11.5. The van der Waals surface area contributed by atoms with Gasteiger partial charge in [0.25, 0.3) is 5.56 Å². The molecule has 2 aromatic rings. The number of allylic oxidation sites excluding steroid dienone is 3. The zero-order valence-corrected chi connectivity index (χ0v) is 17.5. The minimum Gasteiger partial charge on any atom is -0.501 e. The first-order valence-electron chi connectivity index (χ1n) is 7.88. The van der Waals surface area contributed by atoms with Crippen molar-refractivity contribution >= 4 is 40.0 Å². The molecule has 2 amide bonds. The number of hydrogen-bond donors (Lipinski definition) is 4. The quantitative estimate of drug-likeness (QED) is 0.411. The summed E-state index contributed by atoms with van der Waals surface area (Å²) >= 11 is 1.47. The van der Waals surface area contributed by atoms with Gasteiger partial charge in [0.15, 0.2) is 5.69 Å². The molecule has 0 aliphatic heterocycles. The van der Waals surface area contributed by atoms with E-state index in [1.54, 1.807) is 24.4 Å². The van der Waals surface area contributed by atoms with Crippen molar-refractivity contribution in [1.29, 1.82) is 0 Å². The van der Waals surface area contributed by atoms with Gasteiger partial charge in [0.05, 0.1) is 12.8 Å². The maximum Gasteiger partial charge on any atom is 0.360 e. The highest BCUT2D eigenvalue weighted by Crippen LogP contribution is 2.11. The Bertz CT molecular complexity index is 982. The Morgan fingerprint density at radius 1 is 1.45 bits per heavy atom. The van der Waals surface area contributed by atoms with Gasteiger partial charge in [0, 0.05) is 10.3 Å². The Morgan fingerprint density at radius 3 is 2.69 bits per heavy atom. The van der Waals surface area contributed by atoms with Crippen molar-refractivity contribution in [2.24, 2.45) is 0 Å². The number of methoxy groups -OCH3 is 1. The van der Waals surface area contributed by atoms with E-state index in [0.29, 0.717) is 10.6 Å². The van der Waals surface area contributed by atoms with Crippen LogP contribution in [0.25, 0.3) is 0 Å². The zero-order chi connectivity index (χ0) is 22.0. The second-order valence-electron chi connectivity index (χ2n) is 5.19. The van der Waals surface area contributed by atoms with Gasteiger partial charge >= 0.3 is 12.0 Å². The second-order valence-corrected chi connectivity index (χ2v) is 7.36. The van der Waals surface area contributed by atoms with Crippen molar-refractivity contribution in [3.05, 3.63) is 62.3 Å². The van der Waals surface area contributed by atoms with E-state index in [0.717, 1.165) is 7.11 Å².